The molecular weight excluding hydrogens is 352 g/mol. The highest BCUT2D eigenvalue weighted by Crippen LogP contribution is 2.21. The molecule has 1 heterocycles. The minimum atomic E-state index is -0.440. The molecule has 150 valence electrons. The normalized spacial score (nSPS) is 15.0. The molecular formula is C19H29F2N5O. The second kappa shape index (κ2) is 10.7. The van der Waals surface area contributed by atoms with Gasteiger partial charge < -0.3 is 20.4 Å². The van der Waals surface area contributed by atoms with E-state index in [-0.39, 0.29) is 5.91 Å². The van der Waals surface area contributed by atoms with Crippen LogP contribution in [0.5, 0.6) is 0 Å². The number of aliphatic imine (C=N–C) groups is 1. The first kappa shape index (κ1) is 20.9. The summed E-state index contributed by atoms with van der Waals surface area (Å²) < 4.78 is 27.4. The number of halogens is 2. The minimum Gasteiger partial charge on any atom is -0.366 e. The maximum Gasteiger partial charge on any atom is 0.221 e. The third-order valence-electron chi connectivity index (χ3n) is 4.34. The van der Waals surface area contributed by atoms with Gasteiger partial charge in [-0.1, -0.05) is 6.92 Å². The molecule has 0 spiro atoms. The van der Waals surface area contributed by atoms with Crippen LogP contribution in [0.2, 0.25) is 0 Å². The number of anilines is 1. The molecule has 0 aliphatic carbocycles. The van der Waals surface area contributed by atoms with E-state index < -0.39 is 11.6 Å². The van der Waals surface area contributed by atoms with Crippen LogP contribution in [-0.4, -0.2) is 62.6 Å². The number of amides is 1. The zero-order valence-electron chi connectivity index (χ0n) is 16.1. The van der Waals surface area contributed by atoms with Crippen LogP contribution in [0.4, 0.5) is 14.5 Å². The van der Waals surface area contributed by atoms with E-state index in [1.165, 1.54) is 6.07 Å². The number of rotatable bonds is 7. The Labute approximate surface area is 159 Å². The van der Waals surface area contributed by atoms with Crippen molar-refractivity contribution >= 4 is 17.6 Å². The maximum atomic E-state index is 14.0. The highest BCUT2D eigenvalue weighted by molar-refractivity contribution is 5.81. The van der Waals surface area contributed by atoms with Crippen LogP contribution in [0.3, 0.4) is 0 Å². The van der Waals surface area contributed by atoms with Gasteiger partial charge >= 0.3 is 0 Å². The molecule has 1 aliphatic heterocycles. The summed E-state index contributed by atoms with van der Waals surface area (Å²) in [4.78, 5) is 20.2. The van der Waals surface area contributed by atoms with Crippen molar-refractivity contribution in [3.05, 3.63) is 29.8 Å². The van der Waals surface area contributed by atoms with Gasteiger partial charge in [0.15, 0.2) is 5.96 Å². The highest BCUT2D eigenvalue weighted by atomic mass is 19.1. The van der Waals surface area contributed by atoms with Gasteiger partial charge in [-0.3, -0.25) is 9.79 Å². The molecule has 0 unspecified atom stereocenters. The van der Waals surface area contributed by atoms with Crippen LogP contribution in [0.25, 0.3) is 0 Å². The van der Waals surface area contributed by atoms with Crippen molar-refractivity contribution in [2.75, 3.05) is 50.7 Å². The average Bonchev–Trinajstić information content (AvgIpc) is 2.68. The standard InChI is InChI=1S/C19H29F2N5O/c1-3-8-23-18(27)7-9-24-19(22-4-2)26-12-10-25(11-13-26)17-14-15(20)5-6-16(17)21/h5-6,14H,3-4,7-13H2,1-2H3,(H,22,24)(H,23,27). The van der Waals surface area contributed by atoms with Gasteiger partial charge in [-0.05, 0) is 25.5 Å². The van der Waals surface area contributed by atoms with Crippen LogP contribution in [0.15, 0.2) is 23.2 Å². The number of carbonyl (C=O) groups excluding carboxylic acids is 1. The first-order valence-electron chi connectivity index (χ1n) is 9.55. The van der Waals surface area contributed by atoms with Crippen molar-refractivity contribution in [1.82, 2.24) is 15.5 Å². The van der Waals surface area contributed by atoms with Gasteiger partial charge in [0, 0.05) is 51.8 Å². The zero-order valence-corrected chi connectivity index (χ0v) is 16.1. The van der Waals surface area contributed by atoms with E-state index in [1.807, 2.05) is 18.7 Å². The molecule has 0 aromatic heterocycles. The molecule has 0 radical (unpaired) electrons. The predicted octanol–water partition coefficient (Wildman–Crippen LogP) is 1.97. The summed E-state index contributed by atoms with van der Waals surface area (Å²) >= 11 is 0. The lowest BCUT2D eigenvalue weighted by Crippen LogP contribution is -2.52. The third-order valence-corrected chi connectivity index (χ3v) is 4.34. The van der Waals surface area contributed by atoms with Gasteiger partial charge in [-0.15, -0.1) is 0 Å². The Kier molecular flexibility index (Phi) is 8.29. The molecule has 1 amide bonds. The van der Waals surface area contributed by atoms with E-state index >= 15 is 0 Å². The van der Waals surface area contributed by atoms with Gasteiger partial charge in [0.05, 0.1) is 12.2 Å². The number of hydrogen-bond acceptors (Lipinski definition) is 3. The molecule has 1 aromatic rings. The fourth-order valence-corrected chi connectivity index (χ4v) is 2.93. The topological polar surface area (TPSA) is 60.0 Å². The zero-order chi connectivity index (χ0) is 19.6. The minimum absolute atomic E-state index is 0.00264. The fourth-order valence-electron chi connectivity index (χ4n) is 2.93. The molecule has 27 heavy (non-hydrogen) atoms. The first-order valence-corrected chi connectivity index (χ1v) is 9.55. The van der Waals surface area contributed by atoms with E-state index in [0.29, 0.717) is 51.4 Å². The summed E-state index contributed by atoms with van der Waals surface area (Å²) in [6.45, 7) is 8.24. The van der Waals surface area contributed by atoms with Crippen molar-refractivity contribution in [3.8, 4) is 0 Å². The summed E-state index contributed by atoms with van der Waals surface area (Å²) in [5.41, 5.74) is 0.296. The molecule has 2 rings (SSSR count). The van der Waals surface area contributed by atoms with Crippen molar-refractivity contribution in [2.45, 2.75) is 26.7 Å². The Morgan fingerprint density at radius 1 is 1.15 bits per heavy atom. The summed E-state index contributed by atoms with van der Waals surface area (Å²) in [5.74, 6) is -0.100. The molecule has 8 heteroatoms. The lowest BCUT2D eigenvalue weighted by Gasteiger charge is -2.37. The molecule has 1 saturated heterocycles. The van der Waals surface area contributed by atoms with E-state index in [0.717, 1.165) is 31.1 Å². The van der Waals surface area contributed by atoms with Crippen molar-refractivity contribution < 1.29 is 13.6 Å². The fraction of sp³-hybridized carbons (Fsp3) is 0.579. The number of hydrogen-bond donors (Lipinski definition) is 2. The Morgan fingerprint density at radius 2 is 1.89 bits per heavy atom. The quantitative estimate of drug-likeness (QED) is 0.560. The van der Waals surface area contributed by atoms with Crippen LogP contribution in [-0.2, 0) is 4.79 Å². The van der Waals surface area contributed by atoms with Crippen molar-refractivity contribution in [1.29, 1.82) is 0 Å². The lowest BCUT2D eigenvalue weighted by molar-refractivity contribution is -0.120. The van der Waals surface area contributed by atoms with Gasteiger partial charge in [0.2, 0.25) is 5.91 Å². The smallest absolute Gasteiger partial charge is 0.221 e. The summed E-state index contributed by atoms with van der Waals surface area (Å²) in [6.07, 6.45) is 1.26. The second-order valence-electron chi connectivity index (χ2n) is 6.41. The van der Waals surface area contributed by atoms with Crippen LogP contribution < -0.4 is 15.5 Å². The number of guanidine groups is 1. The number of benzene rings is 1. The van der Waals surface area contributed by atoms with E-state index in [1.54, 1.807) is 0 Å². The van der Waals surface area contributed by atoms with E-state index in [4.69, 9.17) is 0 Å². The summed E-state index contributed by atoms with van der Waals surface area (Å²) in [7, 11) is 0. The molecule has 0 atom stereocenters. The molecule has 0 saturated carbocycles. The lowest BCUT2D eigenvalue weighted by atomic mass is 10.2. The van der Waals surface area contributed by atoms with Crippen LogP contribution >= 0.6 is 0 Å². The van der Waals surface area contributed by atoms with Gasteiger partial charge in [0.1, 0.15) is 11.6 Å². The molecule has 1 aromatic carbocycles. The van der Waals surface area contributed by atoms with Gasteiger partial charge in [-0.2, -0.15) is 0 Å². The largest absolute Gasteiger partial charge is 0.366 e. The van der Waals surface area contributed by atoms with Crippen molar-refractivity contribution in [2.24, 2.45) is 4.99 Å². The number of nitrogens with one attached hydrogen (secondary N) is 2. The summed E-state index contributed by atoms with van der Waals surface area (Å²) in [6, 6.07) is 3.52. The van der Waals surface area contributed by atoms with Crippen LogP contribution in [0.1, 0.15) is 26.7 Å². The predicted molar refractivity (Wildman–Crippen MR) is 104 cm³/mol. The average molecular weight is 381 g/mol. The number of nitrogens with zero attached hydrogens (tertiary/aromatic N) is 3. The van der Waals surface area contributed by atoms with Crippen LogP contribution in [0, 0.1) is 11.6 Å². The SMILES string of the molecule is CCCNC(=O)CCN=C(NCC)N1CCN(c2cc(F)ccc2F)CC1. The Morgan fingerprint density at radius 3 is 2.56 bits per heavy atom. The third kappa shape index (κ3) is 6.37. The molecule has 6 nitrogen and oxygen atoms in total. The number of carbonyl (C=O) groups is 1. The van der Waals surface area contributed by atoms with E-state index in [9.17, 15) is 13.6 Å². The summed E-state index contributed by atoms with van der Waals surface area (Å²) in [5, 5.41) is 6.07. The first-order chi connectivity index (χ1) is 13.0. The van der Waals surface area contributed by atoms with Gasteiger partial charge in [0.25, 0.3) is 0 Å². The van der Waals surface area contributed by atoms with Gasteiger partial charge in [-0.25, -0.2) is 8.78 Å². The molecule has 2 N–H and O–H groups in total. The highest BCUT2D eigenvalue weighted by Gasteiger charge is 2.22. The maximum absolute atomic E-state index is 14.0. The second-order valence-corrected chi connectivity index (χ2v) is 6.41. The Hall–Kier alpha value is -2.38. The molecule has 1 fully saturated rings. The monoisotopic (exact) mass is 381 g/mol. The number of piperazine rings is 1. The molecule has 0 bridgehead atoms. The van der Waals surface area contributed by atoms with E-state index in [2.05, 4.69) is 20.5 Å². The molecule has 1 aliphatic rings. The Balaban J connectivity index is 1.91. The van der Waals surface area contributed by atoms with Crippen molar-refractivity contribution in [3.63, 3.8) is 0 Å². The Bertz CT molecular complexity index is 645.